The Morgan fingerprint density at radius 1 is 1.53 bits per heavy atom. The second-order valence-corrected chi connectivity index (χ2v) is 4.38. The molecule has 0 radical (unpaired) electrons. The van der Waals surface area contributed by atoms with Crippen molar-refractivity contribution in [2.24, 2.45) is 5.92 Å². The minimum absolute atomic E-state index is 0.271. The zero-order valence-electron chi connectivity index (χ0n) is 10.3. The number of nitro groups is 1. The number of hydrogen-bond donors (Lipinski definition) is 0. The second kappa shape index (κ2) is 5.21. The van der Waals surface area contributed by atoms with Crippen LogP contribution in [0.5, 0.6) is 0 Å². The van der Waals surface area contributed by atoms with Crippen molar-refractivity contribution in [2.45, 2.75) is 6.42 Å². The highest BCUT2D eigenvalue weighted by molar-refractivity contribution is 5.74. The first-order valence-electron chi connectivity index (χ1n) is 5.79. The van der Waals surface area contributed by atoms with Gasteiger partial charge in [0.2, 0.25) is 0 Å². The summed E-state index contributed by atoms with van der Waals surface area (Å²) in [5.74, 6) is -1.24. The summed E-state index contributed by atoms with van der Waals surface area (Å²) in [7, 11) is 1.32. The lowest BCUT2D eigenvalue weighted by atomic mass is 10.1. The zero-order valence-corrected chi connectivity index (χ0v) is 10.3. The van der Waals surface area contributed by atoms with Gasteiger partial charge in [0, 0.05) is 24.8 Å². The van der Waals surface area contributed by atoms with Gasteiger partial charge in [-0.2, -0.15) is 0 Å². The first kappa shape index (κ1) is 13.3. The summed E-state index contributed by atoms with van der Waals surface area (Å²) in [6.45, 7) is 0.924. The summed E-state index contributed by atoms with van der Waals surface area (Å²) in [5.41, 5.74) is 0.120. The predicted octanol–water partition coefficient (Wildman–Crippen LogP) is 1.73. The van der Waals surface area contributed by atoms with E-state index in [-0.39, 0.29) is 17.6 Å². The molecule has 7 heteroatoms. The lowest BCUT2D eigenvalue weighted by molar-refractivity contribution is -0.385. The van der Waals surface area contributed by atoms with Crippen molar-refractivity contribution in [1.82, 2.24) is 0 Å². The normalized spacial score (nSPS) is 18.4. The van der Waals surface area contributed by atoms with Crippen LogP contribution in [-0.2, 0) is 9.53 Å². The van der Waals surface area contributed by atoms with Crippen molar-refractivity contribution < 1.29 is 18.8 Å². The lowest BCUT2D eigenvalue weighted by Crippen LogP contribution is -2.23. The number of esters is 1. The minimum Gasteiger partial charge on any atom is -0.469 e. The summed E-state index contributed by atoms with van der Waals surface area (Å²) in [6.07, 6.45) is 0.594. The molecule has 1 heterocycles. The highest BCUT2D eigenvalue weighted by atomic mass is 19.1. The van der Waals surface area contributed by atoms with Crippen LogP contribution in [0.15, 0.2) is 18.2 Å². The number of halogens is 1. The topological polar surface area (TPSA) is 72.7 Å². The molecule has 0 bridgehead atoms. The second-order valence-electron chi connectivity index (χ2n) is 4.38. The molecular weight excluding hydrogens is 255 g/mol. The number of methoxy groups -OCH3 is 1. The molecule has 1 atom stereocenters. The number of hydrogen-bond acceptors (Lipinski definition) is 5. The van der Waals surface area contributed by atoms with E-state index in [1.54, 1.807) is 4.90 Å². The van der Waals surface area contributed by atoms with Crippen LogP contribution in [0.1, 0.15) is 6.42 Å². The summed E-state index contributed by atoms with van der Waals surface area (Å²) >= 11 is 0. The Hall–Kier alpha value is -2.18. The number of carbonyl (C=O) groups excluding carboxylic acids is 1. The van der Waals surface area contributed by atoms with Gasteiger partial charge in [-0.05, 0) is 12.5 Å². The Bertz CT molecular complexity index is 520. The smallest absolute Gasteiger partial charge is 0.310 e. The third kappa shape index (κ3) is 2.81. The predicted molar refractivity (Wildman–Crippen MR) is 65.4 cm³/mol. The number of non-ortho nitro benzene ring substituents is 1. The summed E-state index contributed by atoms with van der Waals surface area (Å²) < 4.78 is 18.0. The number of rotatable bonds is 3. The van der Waals surface area contributed by atoms with Gasteiger partial charge < -0.3 is 9.64 Å². The van der Waals surface area contributed by atoms with Crippen LogP contribution in [0.3, 0.4) is 0 Å². The third-order valence-corrected chi connectivity index (χ3v) is 3.17. The number of nitro benzene ring substituents is 1. The highest BCUT2D eigenvalue weighted by Crippen LogP contribution is 2.28. The summed E-state index contributed by atoms with van der Waals surface area (Å²) in [4.78, 5) is 23.2. The molecule has 1 fully saturated rings. The Balaban J connectivity index is 2.19. The van der Waals surface area contributed by atoms with E-state index in [0.717, 1.165) is 6.07 Å². The molecule has 6 nitrogen and oxygen atoms in total. The van der Waals surface area contributed by atoms with Crippen molar-refractivity contribution in [1.29, 1.82) is 0 Å². The molecule has 0 N–H and O–H groups in total. The molecule has 0 aliphatic carbocycles. The number of anilines is 1. The maximum absolute atomic E-state index is 13.3. The molecule has 1 aliphatic rings. The monoisotopic (exact) mass is 268 g/mol. The van der Waals surface area contributed by atoms with Gasteiger partial charge in [0.25, 0.3) is 5.69 Å². The van der Waals surface area contributed by atoms with Crippen molar-refractivity contribution in [2.75, 3.05) is 25.1 Å². The maximum atomic E-state index is 13.3. The molecule has 0 saturated carbocycles. The molecule has 0 amide bonds. The van der Waals surface area contributed by atoms with Crippen LogP contribution >= 0.6 is 0 Å². The Morgan fingerprint density at radius 2 is 2.26 bits per heavy atom. The van der Waals surface area contributed by atoms with Crippen LogP contribution in [0.2, 0.25) is 0 Å². The molecule has 1 saturated heterocycles. The van der Waals surface area contributed by atoms with Gasteiger partial charge >= 0.3 is 5.97 Å². The Kier molecular flexibility index (Phi) is 3.64. The largest absolute Gasteiger partial charge is 0.469 e. The molecule has 1 unspecified atom stereocenters. The molecule has 19 heavy (non-hydrogen) atoms. The van der Waals surface area contributed by atoms with Gasteiger partial charge in [0.1, 0.15) is 5.82 Å². The molecular formula is C12H13FN2O4. The molecule has 2 rings (SSSR count). The van der Waals surface area contributed by atoms with Crippen LogP contribution in [0.25, 0.3) is 0 Å². The van der Waals surface area contributed by atoms with Gasteiger partial charge in [-0.15, -0.1) is 0 Å². The first-order chi connectivity index (χ1) is 9.01. The van der Waals surface area contributed by atoms with Gasteiger partial charge in [-0.25, -0.2) is 4.39 Å². The molecule has 0 spiro atoms. The van der Waals surface area contributed by atoms with E-state index in [9.17, 15) is 19.3 Å². The fourth-order valence-electron chi connectivity index (χ4n) is 2.20. The van der Waals surface area contributed by atoms with Crippen LogP contribution in [-0.4, -0.2) is 31.1 Å². The number of carbonyl (C=O) groups is 1. The van der Waals surface area contributed by atoms with Crippen LogP contribution in [0, 0.1) is 21.8 Å². The van der Waals surface area contributed by atoms with Crippen molar-refractivity contribution >= 4 is 17.3 Å². The quantitative estimate of drug-likeness (QED) is 0.474. The Labute approximate surface area is 108 Å². The number of benzene rings is 1. The van der Waals surface area contributed by atoms with Crippen molar-refractivity contribution in [3.63, 3.8) is 0 Å². The number of nitrogens with zero attached hydrogens (tertiary/aromatic N) is 2. The lowest BCUT2D eigenvalue weighted by Gasteiger charge is -2.18. The van der Waals surface area contributed by atoms with Crippen LogP contribution < -0.4 is 4.90 Å². The third-order valence-electron chi connectivity index (χ3n) is 3.17. The Morgan fingerprint density at radius 3 is 2.89 bits per heavy atom. The van der Waals surface area contributed by atoms with E-state index < -0.39 is 10.7 Å². The van der Waals surface area contributed by atoms with E-state index in [1.807, 2.05) is 0 Å². The van der Waals surface area contributed by atoms with Crippen molar-refractivity contribution in [3.8, 4) is 0 Å². The van der Waals surface area contributed by atoms with Crippen molar-refractivity contribution in [3.05, 3.63) is 34.1 Å². The first-order valence-corrected chi connectivity index (χ1v) is 5.79. The highest BCUT2D eigenvalue weighted by Gasteiger charge is 2.30. The van der Waals surface area contributed by atoms with E-state index in [0.29, 0.717) is 25.2 Å². The zero-order chi connectivity index (χ0) is 14.0. The van der Waals surface area contributed by atoms with E-state index in [2.05, 4.69) is 4.74 Å². The SMILES string of the molecule is COC(=O)C1CCN(c2cc(F)cc([N+](=O)[O-])c2)C1. The van der Waals surface area contributed by atoms with E-state index in [4.69, 9.17) is 0 Å². The fraction of sp³-hybridized carbons (Fsp3) is 0.417. The van der Waals surface area contributed by atoms with E-state index >= 15 is 0 Å². The van der Waals surface area contributed by atoms with Gasteiger partial charge in [-0.3, -0.25) is 14.9 Å². The standard InChI is InChI=1S/C12H13FN2O4/c1-19-12(16)8-2-3-14(7-8)10-4-9(13)5-11(6-10)15(17)18/h4-6,8H,2-3,7H2,1H3. The minimum atomic E-state index is -0.661. The van der Waals surface area contributed by atoms with Gasteiger partial charge in [0.05, 0.1) is 24.0 Å². The molecule has 1 aliphatic heterocycles. The molecule has 102 valence electrons. The summed E-state index contributed by atoms with van der Waals surface area (Å²) in [5, 5.41) is 10.7. The maximum Gasteiger partial charge on any atom is 0.310 e. The molecule has 1 aromatic rings. The average Bonchev–Trinajstić information content (AvgIpc) is 2.86. The molecule has 1 aromatic carbocycles. The average molecular weight is 268 g/mol. The van der Waals surface area contributed by atoms with Gasteiger partial charge in [-0.1, -0.05) is 0 Å². The molecule has 0 aromatic heterocycles. The van der Waals surface area contributed by atoms with Gasteiger partial charge in [0.15, 0.2) is 0 Å². The summed E-state index contributed by atoms with van der Waals surface area (Å²) in [6, 6.07) is 3.41. The number of ether oxygens (including phenoxy) is 1. The van der Waals surface area contributed by atoms with E-state index in [1.165, 1.54) is 19.2 Å². The van der Waals surface area contributed by atoms with Crippen LogP contribution in [0.4, 0.5) is 15.8 Å². The fourth-order valence-corrected chi connectivity index (χ4v) is 2.20.